The highest BCUT2D eigenvalue weighted by atomic mass is 16.5. The van der Waals surface area contributed by atoms with Crippen LogP contribution >= 0.6 is 0 Å². The van der Waals surface area contributed by atoms with Crippen LogP contribution in [0.25, 0.3) is 0 Å². The van der Waals surface area contributed by atoms with Gasteiger partial charge in [-0.05, 0) is 31.5 Å². The fourth-order valence-electron chi connectivity index (χ4n) is 3.05. The molecule has 1 aliphatic rings. The molecule has 0 bridgehead atoms. The SMILES string of the molecule is COc1cc(CN2CC(C)NC(C)C2)cc(OC)c1OC. The molecule has 21 heavy (non-hydrogen) atoms. The maximum atomic E-state index is 5.41. The average Bonchev–Trinajstić information content (AvgIpc) is 2.45. The second-order valence-corrected chi connectivity index (χ2v) is 5.70. The standard InChI is InChI=1S/C16H26N2O3/c1-11-8-18(9-12(2)17-11)10-13-6-14(19-3)16(21-5)15(7-13)20-4/h6-7,11-12,17H,8-10H2,1-5H3. The summed E-state index contributed by atoms with van der Waals surface area (Å²) in [5.41, 5.74) is 1.17. The van der Waals surface area contributed by atoms with Crippen LogP contribution in [0.5, 0.6) is 17.2 Å². The fourth-order valence-corrected chi connectivity index (χ4v) is 3.05. The van der Waals surface area contributed by atoms with Crippen molar-refractivity contribution in [2.45, 2.75) is 32.5 Å². The van der Waals surface area contributed by atoms with Crippen LogP contribution in [0.2, 0.25) is 0 Å². The van der Waals surface area contributed by atoms with Crippen LogP contribution in [0.3, 0.4) is 0 Å². The van der Waals surface area contributed by atoms with Gasteiger partial charge in [0.15, 0.2) is 11.5 Å². The highest BCUT2D eigenvalue weighted by molar-refractivity contribution is 5.53. The Morgan fingerprint density at radius 1 is 1.00 bits per heavy atom. The lowest BCUT2D eigenvalue weighted by Gasteiger charge is -2.36. The summed E-state index contributed by atoms with van der Waals surface area (Å²) in [6.07, 6.45) is 0. The zero-order chi connectivity index (χ0) is 15.4. The third-order valence-corrected chi connectivity index (χ3v) is 3.76. The van der Waals surface area contributed by atoms with Gasteiger partial charge < -0.3 is 19.5 Å². The van der Waals surface area contributed by atoms with Gasteiger partial charge in [0, 0.05) is 31.7 Å². The van der Waals surface area contributed by atoms with E-state index in [-0.39, 0.29) is 0 Å². The van der Waals surface area contributed by atoms with E-state index < -0.39 is 0 Å². The minimum absolute atomic E-state index is 0.510. The molecule has 1 aliphatic heterocycles. The van der Waals surface area contributed by atoms with E-state index in [0.717, 1.165) is 19.6 Å². The van der Waals surface area contributed by atoms with Crippen LogP contribution in [0.15, 0.2) is 12.1 Å². The van der Waals surface area contributed by atoms with Crippen molar-refractivity contribution in [3.8, 4) is 17.2 Å². The van der Waals surface area contributed by atoms with Gasteiger partial charge in [0.2, 0.25) is 5.75 Å². The summed E-state index contributed by atoms with van der Waals surface area (Å²) in [5, 5.41) is 3.55. The van der Waals surface area contributed by atoms with Crippen molar-refractivity contribution < 1.29 is 14.2 Å². The van der Waals surface area contributed by atoms with E-state index in [4.69, 9.17) is 14.2 Å². The fraction of sp³-hybridized carbons (Fsp3) is 0.625. The number of nitrogens with one attached hydrogen (secondary N) is 1. The van der Waals surface area contributed by atoms with Crippen LogP contribution < -0.4 is 19.5 Å². The molecule has 0 aromatic heterocycles. The molecule has 5 nitrogen and oxygen atoms in total. The Morgan fingerprint density at radius 3 is 1.95 bits per heavy atom. The van der Waals surface area contributed by atoms with Crippen molar-refractivity contribution in [1.82, 2.24) is 10.2 Å². The molecule has 0 radical (unpaired) electrons. The quantitative estimate of drug-likeness (QED) is 0.898. The van der Waals surface area contributed by atoms with Gasteiger partial charge >= 0.3 is 0 Å². The lowest BCUT2D eigenvalue weighted by Crippen LogP contribution is -2.53. The molecule has 0 saturated carbocycles. The highest BCUT2D eigenvalue weighted by Crippen LogP contribution is 2.38. The molecule has 1 fully saturated rings. The first-order valence-electron chi connectivity index (χ1n) is 7.34. The Labute approximate surface area is 127 Å². The van der Waals surface area contributed by atoms with E-state index in [2.05, 4.69) is 24.1 Å². The van der Waals surface area contributed by atoms with Crippen LogP contribution in [0, 0.1) is 0 Å². The minimum atomic E-state index is 0.510. The molecule has 0 spiro atoms. The number of benzene rings is 1. The summed E-state index contributed by atoms with van der Waals surface area (Å²) in [6, 6.07) is 5.07. The van der Waals surface area contributed by atoms with Crippen molar-refractivity contribution in [2.24, 2.45) is 0 Å². The molecular formula is C16H26N2O3. The third kappa shape index (κ3) is 3.80. The number of nitrogens with zero attached hydrogens (tertiary/aromatic N) is 1. The van der Waals surface area contributed by atoms with Gasteiger partial charge in [0.1, 0.15) is 0 Å². The van der Waals surface area contributed by atoms with Crippen molar-refractivity contribution in [1.29, 1.82) is 0 Å². The van der Waals surface area contributed by atoms with E-state index in [1.54, 1.807) is 21.3 Å². The van der Waals surface area contributed by atoms with Crippen LogP contribution in [-0.2, 0) is 6.54 Å². The largest absolute Gasteiger partial charge is 0.493 e. The lowest BCUT2D eigenvalue weighted by molar-refractivity contribution is 0.166. The van der Waals surface area contributed by atoms with E-state index in [1.165, 1.54) is 5.56 Å². The normalized spacial score (nSPS) is 22.9. The summed E-state index contributed by atoms with van der Waals surface area (Å²) in [5.74, 6) is 2.07. The number of hydrogen-bond acceptors (Lipinski definition) is 5. The summed E-state index contributed by atoms with van der Waals surface area (Å²) in [6.45, 7) is 7.41. The zero-order valence-corrected chi connectivity index (χ0v) is 13.6. The van der Waals surface area contributed by atoms with E-state index in [9.17, 15) is 0 Å². The Kier molecular flexibility index (Phi) is 5.31. The molecule has 0 amide bonds. The molecule has 2 unspecified atom stereocenters. The average molecular weight is 294 g/mol. The number of ether oxygens (including phenoxy) is 3. The van der Waals surface area contributed by atoms with Gasteiger partial charge in [-0.3, -0.25) is 4.90 Å². The van der Waals surface area contributed by atoms with Gasteiger partial charge in [-0.15, -0.1) is 0 Å². The van der Waals surface area contributed by atoms with E-state index in [1.807, 2.05) is 12.1 Å². The maximum absolute atomic E-state index is 5.41. The Bertz CT molecular complexity index is 444. The lowest BCUT2D eigenvalue weighted by atomic mass is 10.1. The molecule has 0 aliphatic carbocycles. The second kappa shape index (κ2) is 7.00. The van der Waals surface area contributed by atoms with E-state index in [0.29, 0.717) is 29.3 Å². The first kappa shape index (κ1) is 15.9. The molecule has 2 atom stereocenters. The van der Waals surface area contributed by atoms with Crippen molar-refractivity contribution in [3.05, 3.63) is 17.7 Å². The number of rotatable bonds is 5. The van der Waals surface area contributed by atoms with Crippen molar-refractivity contribution in [2.75, 3.05) is 34.4 Å². The maximum Gasteiger partial charge on any atom is 0.203 e. The number of hydrogen-bond donors (Lipinski definition) is 1. The van der Waals surface area contributed by atoms with Crippen molar-refractivity contribution >= 4 is 0 Å². The minimum Gasteiger partial charge on any atom is -0.493 e. The number of piperazine rings is 1. The Morgan fingerprint density at radius 2 is 1.52 bits per heavy atom. The second-order valence-electron chi connectivity index (χ2n) is 5.70. The third-order valence-electron chi connectivity index (χ3n) is 3.76. The predicted molar refractivity (Wildman–Crippen MR) is 83.4 cm³/mol. The van der Waals surface area contributed by atoms with Crippen LogP contribution in [0.1, 0.15) is 19.4 Å². The molecule has 1 saturated heterocycles. The number of methoxy groups -OCH3 is 3. The molecular weight excluding hydrogens is 268 g/mol. The molecule has 1 N–H and O–H groups in total. The smallest absolute Gasteiger partial charge is 0.203 e. The van der Waals surface area contributed by atoms with Crippen LogP contribution in [0.4, 0.5) is 0 Å². The topological polar surface area (TPSA) is 43.0 Å². The zero-order valence-electron chi connectivity index (χ0n) is 13.6. The first-order valence-corrected chi connectivity index (χ1v) is 7.34. The van der Waals surface area contributed by atoms with Gasteiger partial charge in [-0.25, -0.2) is 0 Å². The molecule has 1 aromatic carbocycles. The van der Waals surface area contributed by atoms with Crippen LogP contribution in [-0.4, -0.2) is 51.4 Å². The molecule has 1 heterocycles. The summed E-state index contributed by atoms with van der Waals surface area (Å²) in [7, 11) is 4.92. The highest BCUT2D eigenvalue weighted by Gasteiger charge is 2.22. The van der Waals surface area contributed by atoms with Gasteiger partial charge in [0.25, 0.3) is 0 Å². The first-order chi connectivity index (χ1) is 10.1. The Hall–Kier alpha value is -1.46. The molecule has 2 rings (SSSR count). The summed E-state index contributed by atoms with van der Waals surface area (Å²) >= 11 is 0. The van der Waals surface area contributed by atoms with Gasteiger partial charge in [-0.2, -0.15) is 0 Å². The van der Waals surface area contributed by atoms with Gasteiger partial charge in [0.05, 0.1) is 21.3 Å². The molecule has 1 aromatic rings. The Balaban J connectivity index is 2.19. The summed E-state index contributed by atoms with van der Waals surface area (Å²) in [4.78, 5) is 2.45. The van der Waals surface area contributed by atoms with Gasteiger partial charge in [-0.1, -0.05) is 0 Å². The predicted octanol–water partition coefficient (Wildman–Crippen LogP) is 1.89. The molecule has 5 heteroatoms. The van der Waals surface area contributed by atoms with E-state index >= 15 is 0 Å². The monoisotopic (exact) mass is 294 g/mol. The summed E-state index contributed by atoms with van der Waals surface area (Å²) < 4.78 is 16.2. The molecule has 118 valence electrons. The van der Waals surface area contributed by atoms with Crippen molar-refractivity contribution in [3.63, 3.8) is 0 Å².